The Morgan fingerprint density at radius 1 is 1.27 bits per heavy atom. The third kappa shape index (κ3) is 3.50. The van der Waals surface area contributed by atoms with E-state index >= 15 is 0 Å². The maximum Gasteiger partial charge on any atom is 0.223 e. The maximum absolute atomic E-state index is 13.0. The number of nitrogens with one attached hydrogen (secondary N) is 1. The monoisotopic (exact) mass is 303 g/mol. The molecule has 4 unspecified atom stereocenters. The van der Waals surface area contributed by atoms with Crippen LogP contribution in [0.4, 0.5) is 4.39 Å². The molecule has 0 bridgehead atoms. The van der Waals surface area contributed by atoms with Crippen LogP contribution in [0.3, 0.4) is 0 Å². The Labute approximate surface area is 132 Å². The second-order valence-corrected chi connectivity index (χ2v) is 6.95. The molecule has 3 heteroatoms. The summed E-state index contributed by atoms with van der Waals surface area (Å²) in [7, 11) is 0. The second-order valence-electron chi connectivity index (χ2n) is 6.95. The molecule has 0 aromatic heterocycles. The van der Waals surface area contributed by atoms with E-state index in [0.717, 1.165) is 18.4 Å². The number of hydrogen-bond acceptors (Lipinski definition) is 1. The molecule has 0 aliphatic heterocycles. The van der Waals surface area contributed by atoms with Gasteiger partial charge >= 0.3 is 0 Å². The quantitative estimate of drug-likeness (QED) is 0.829. The first-order valence-corrected chi connectivity index (χ1v) is 8.75. The van der Waals surface area contributed by atoms with Crippen LogP contribution in [0.25, 0.3) is 0 Å². The van der Waals surface area contributed by atoms with Crippen LogP contribution in [0.1, 0.15) is 63.4 Å². The van der Waals surface area contributed by atoms with E-state index in [4.69, 9.17) is 0 Å². The minimum atomic E-state index is -0.213. The van der Waals surface area contributed by atoms with Crippen molar-refractivity contribution in [3.05, 3.63) is 35.6 Å². The van der Waals surface area contributed by atoms with Gasteiger partial charge in [0.2, 0.25) is 5.91 Å². The number of hydrogen-bond donors (Lipinski definition) is 1. The fraction of sp³-hybridized carbons (Fsp3) is 0.632. The molecular formula is C19H26FNO. The van der Waals surface area contributed by atoms with Crippen molar-refractivity contribution in [2.75, 3.05) is 0 Å². The molecule has 0 spiro atoms. The van der Waals surface area contributed by atoms with Crippen LogP contribution in [-0.4, -0.2) is 11.9 Å². The fourth-order valence-electron chi connectivity index (χ4n) is 3.89. The predicted molar refractivity (Wildman–Crippen MR) is 86.0 cm³/mol. The Morgan fingerprint density at radius 3 is 2.77 bits per heavy atom. The molecule has 120 valence electrons. The van der Waals surface area contributed by atoms with Crippen LogP contribution in [-0.2, 0) is 4.79 Å². The van der Waals surface area contributed by atoms with Gasteiger partial charge in [-0.05, 0) is 55.2 Å². The van der Waals surface area contributed by atoms with E-state index in [-0.39, 0.29) is 23.6 Å². The van der Waals surface area contributed by atoms with Crippen LogP contribution in [0, 0.1) is 17.7 Å². The molecule has 1 N–H and O–H groups in total. The van der Waals surface area contributed by atoms with E-state index in [1.807, 2.05) is 12.1 Å². The summed E-state index contributed by atoms with van der Waals surface area (Å²) >= 11 is 0. The lowest BCUT2D eigenvalue weighted by atomic mass is 9.96. The Hall–Kier alpha value is -1.38. The molecule has 3 rings (SSSR count). The average Bonchev–Trinajstić information content (AvgIpc) is 3.20. The summed E-state index contributed by atoms with van der Waals surface area (Å²) in [4.78, 5) is 12.4. The summed E-state index contributed by atoms with van der Waals surface area (Å²) in [6, 6.07) is 6.98. The van der Waals surface area contributed by atoms with Crippen molar-refractivity contribution < 1.29 is 9.18 Å². The molecule has 1 aromatic rings. The lowest BCUT2D eigenvalue weighted by molar-refractivity contribution is -0.123. The highest BCUT2D eigenvalue weighted by Crippen LogP contribution is 2.47. The zero-order valence-electron chi connectivity index (χ0n) is 13.4. The first kappa shape index (κ1) is 15.5. The zero-order valence-corrected chi connectivity index (χ0v) is 13.4. The summed E-state index contributed by atoms with van der Waals surface area (Å²) in [5, 5.41) is 3.30. The number of carbonyl (C=O) groups is 1. The van der Waals surface area contributed by atoms with Crippen LogP contribution in [0.15, 0.2) is 24.3 Å². The first-order valence-electron chi connectivity index (χ1n) is 8.75. The first-order chi connectivity index (χ1) is 10.7. The molecule has 0 saturated heterocycles. The van der Waals surface area contributed by atoms with Crippen molar-refractivity contribution in [3.8, 4) is 0 Å². The van der Waals surface area contributed by atoms with Crippen LogP contribution >= 0.6 is 0 Å². The van der Waals surface area contributed by atoms with Gasteiger partial charge in [-0.15, -0.1) is 0 Å². The number of rotatable bonds is 6. The summed E-state index contributed by atoms with van der Waals surface area (Å²) in [6.45, 7) is 2.22. The van der Waals surface area contributed by atoms with Gasteiger partial charge in [-0.25, -0.2) is 4.39 Å². The van der Waals surface area contributed by atoms with Crippen molar-refractivity contribution in [3.63, 3.8) is 0 Å². The van der Waals surface area contributed by atoms with E-state index in [1.54, 1.807) is 0 Å². The fourth-order valence-corrected chi connectivity index (χ4v) is 3.89. The van der Waals surface area contributed by atoms with E-state index in [1.165, 1.54) is 44.2 Å². The summed E-state index contributed by atoms with van der Waals surface area (Å²) in [6.07, 6.45) is 8.28. The lowest BCUT2D eigenvalue weighted by Gasteiger charge is -2.21. The van der Waals surface area contributed by atoms with E-state index in [2.05, 4.69) is 12.2 Å². The van der Waals surface area contributed by atoms with E-state index < -0.39 is 0 Å². The highest BCUT2D eigenvalue weighted by atomic mass is 19.1. The lowest BCUT2D eigenvalue weighted by Crippen LogP contribution is -2.38. The molecular weight excluding hydrogens is 277 g/mol. The van der Waals surface area contributed by atoms with Crippen molar-refractivity contribution in [2.24, 2.45) is 11.8 Å². The van der Waals surface area contributed by atoms with Crippen molar-refractivity contribution in [2.45, 2.75) is 63.8 Å². The summed E-state index contributed by atoms with van der Waals surface area (Å²) in [5.74, 6) is 1.05. The molecule has 4 atom stereocenters. The third-order valence-corrected chi connectivity index (χ3v) is 5.34. The molecule has 22 heavy (non-hydrogen) atoms. The molecule has 1 aromatic carbocycles. The number of benzene rings is 1. The van der Waals surface area contributed by atoms with Crippen LogP contribution in [0.5, 0.6) is 0 Å². The standard InChI is InChI=1S/C19H26FNO/c1-2-3-5-14-6-4-7-18(14)21-19(22)17-12-16(17)13-8-10-15(20)11-9-13/h8-11,14,16-18H,2-7,12H2,1H3,(H,21,22). The predicted octanol–water partition coefficient (Wildman–Crippen LogP) is 4.40. The van der Waals surface area contributed by atoms with E-state index in [0.29, 0.717) is 12.0 Å². The van der Waals surface area contributed by atoms with Crippen LogP contribution < -0.4 is 5.32 Å². The van der Waals surface area contributed by atoms with Gasteiger partial charge in [-0.2, -0.15) is 0 Å². The second kappa shape index (κ2) is 6.80. The Bertz CT molecular complexity index is 513. The third-order valence-electron chi connectivity index (χ3n) is 5.34. The van der Waals surface area contributed by atoms with Crippen molar-refractivity contribution in [1.29, 1.82) is 0 Å². The minimum Gasteiger partial charge on any atom is -0.353 e. The average molecular weight is 303 g/mol. The highest BCUT2D eigenvalue weighted by molar-refractivity contribution is 5.83. The number of amides is 1. The van der Waals surface area contributed by atoms with Crippen molar-refractivity contribution >= 4 is 5.91 Å². The van der Waals surface area contributed by atoms with Crippen LogP contribution in [0.2, 0.25) is 0 Å². The SMILES string of the molecule is CCCCC1CCCC1NC(=O)C1CC1c1ccc(F)cc1. The summed E-state index contributed by atoms with van der Waals surface area (Å²) < 4.78 is 13.0. The molecule has 0 heterocycles. The number of halogens is 1. The normalized spacial score (nSPS) is 30.3. The Balaban J connectivity index is 1.51. The van der Waals surface area contributed by atoms with Crippen molar-refractivity contribution in [1.82, 2.24) is 5.32 Å². The Morgan fingerprint density at radius 2 is 2.05 bits per heavy atom. The van der Waals surface area contributed by atoms with Gasteiger partial charge in [0.1, 0.15) is 5.82 Å². The van der Waals surface area contributed by atoms with Gasteiger partial charge in [0.15, 0.2) is 0 Å². The van der Waals surface area contributed by atoms with Gasteiger partial charge in [-0.3, -0.25) is 4.79 Å². The smallest absolute Gasteiger partial charge is 0.223 e. The number of unbranched alkanes of at least 4 members (excludes halogenated alkanes) is 1. The molecule has 2 nitrogen and oxygen atoms in total. The maximum atomic E-state index is 13.0. The van der Waals surface area contributed by atoms with Gasteiger partial charge in [0.05, 0.1) is 0 Å². The largest absolute Gasteiger partial charge is 0.353 e. The molecule has 2 aliphatic carbocycles. The molecule has 2 saturated carbocycles. The number of carbonyl (C=O) groups excluding carboxylic acids is 1. The molecule has 0 radical (unpaired) electrons. The van der Waals surface area contributed by atoms with Gasteiger partial charge in [0.25, 0.3) is 0 Å². The molecule has 2 aliphatic rings. The van der Waals surface area contributed by atoms with E-state index in [9.17, 15) is 9.18 Å². The highest BCUT2D eigenvalue weighted by Gasteiger charge is 2.45. The van der Waals surface area contributed by atoms with Gasteiger partial charge < -0.3 is 5.32 Å². The Kier molecular flexibility index (Phi) is 4.80. The molecule has 1 amide bonds. The zero-order chi connectivity index (χ0) is 15.5. The van der Waals surface area contributed by atoms with Gasteiger partial charge in [-0.1, -0.05) is 38.3 Å². The topological polar surface area (TPSA) is 29.1 Å². The summed E-state index contributed by atoms with van der Waals surface area (Å²) in [5.41, 5.74) is 1.09. The molecule has 2 fully saturated rings. The van der Waals surface area contributed by atoms with Gasteiger partial charge in [0, 0.05) is 12.0 Å². The minimum absolute atomic E-state index is 0.0953.